The number of aromatic nitrogens is 1. The van der Waals surface area contributed by atoms with Crippen LogP contribution in [0.3, 0.4) is 0 Å². The van der Waals surface area contributed by atoms with Gasteiger partial charge in [-0.3, -0.25) is 0 Å². The number of hydrogen-bond acceptors (Lipinski definition) is 1. The number of anilines is 1. The molecule has 0 spiro atoms. The second kappa shape index (κ2) is 2.80. The van der Waals surface area contributed by atoms with Gasteiger partial charge in [0.05, 0.1) is 0 Å². The molecule has 0 amide bonds. The molecule has 13 heavy (non-hydrogen) atoms. The van der Waals surface area contributed by atoms with Crippen molar-refractivity contribution in [1.29, 1.82) is 0 Å². The minimum absolute atomic E-state index is 1.21. The van der Waals surface area contributed by atoms with Gasteiger partial charge in [-0.25, -0.2) is 0 Å². The van der Waals surface area contributed by atoms with Crippen LogP contribution in [-0.4, -0.2) is 19.1 Å². The molecule has 2 heteroatoms. The van der Waals surface area contributed by atoms with E-state index in [1.54, 1.807) is 0 Å². The third-order valence-electron chi connectivity index (χ3n) is 2.26. The first-order valence-electron chi connectivity index (χ1n) is 4.43. The van der Waals surface area contributed by atoms with Gasteiger partial charge in [0.25, 0.3) is 0 Å². The van der Waals surface area contributed by atoms with Crippen molar-refractivity contribution in [3.8, 4) is 0 Å². The summed E-state index contributed by atoms with van der Waals surface area (Å²) in [7, 11) is 4.11. The van der Waals surface area contributed by atoms with Gasteiger partial charge in [-0.2, -0.15) is 0 Å². The smallest absolute Gasteiger partial charge is 0.0476 e. The van der Waals surface area contributed by atoms with E-state index in [4.69, 9.17) is 0 Å². The molecule has 1 N–H and O–H groups in total. The highest BCUT2D eigenvalue weighted by molar-refractivity contribution is 5.83. The van der Waals surface area contributed by atoms with Gasteiger partial charge in [-0.05, 0) is 30.5 Å². The van der Waals surface area contributed by atoms with E-state index in [9.17, 15) is 0 Å². The largest absolute Gasteiger partial charge is 0.378 e. The molecule has 2 nitrogen and oxygen atoms in total. The first kappa shape index (κ1) is 8.17. The zero-order valence-electron chi connectivity index (χ0n) is 8.26. The molecule has 1 aromatic heterocycles. The highest BCUT2D eigenvalue weighted by Gasteiger charge is 1.99. The van der Waals surface area contributed by atoms with E-state index >= 15 is 0 Å². The third-order valence-corrected chi connectivity index (χ3v) is 2.26. The van der Waals surface area contributed by atoms with E-state index in [0.717, 1.165) is 0 Å². The second-order valence-corrected chi connectivity index (χ2v) is 3.62. The molecule has 0 aliphatic heterocycles. The Labute approximate surface area is 78.2 Å². The van der Waals surface area contributed by atoms with Gasteiger partial charge in [-0.15, -0.1) is 0 Å². The number of rotatable bonds is 1. The Morgan fingerprint density at radius 2 is 1.92 bits per heavy atom. The van der Waals surface area contributed by atoms with Crippen molar-refractivity contribution in [2.24, 2.45) is 0 Å². The molecule has 0 atom stereocenters. The Balaban J connectivity index is 2.61. The van der Waals surface area contributed by atoms with E-state index < -0.39 is 0 Å². The van der Waals surface area contributed by atoms with Gasteiger partial charge in [0.1, 0.15) is 0 Å². The number of nitrogens with zero attached hydrogens (tertiary/aromatic N) is 1. The number of nitrogens with one attached hydrogen (secondary N) is 1. The van der Waals surface area contributed by atoms with E-state index in [0.29, 0.717) is 0 Å². The van der Waals surface area contributed by atoms with Crippen LogP contribution >= 0.6 is 0 Å². The quantitative estimate of drug-likeness (QED) is 0.704. The first-order valence-corrected chi connectivity index (χ1v) is 4.43. The molecule has 2 rings (SSSR count). The minimum atomic E-state index is 1.21. The van der Waals surface area contributed by atoms with Gasteiger partial charge in [0.15, 0.2) is 0 Å². The van der Waals surface area contributed by atoms with Crippen LogP contribution in [0.2, 0.25) is 0 Å². The molecular formula is C11H14N2. The SMILES string of the molecule is Cc1cc2ccc(N(C)C)cc2[nH]1. The average molecular weight is 174 g/mol. The standard InChI is InChI=1S/C11H14N2/c1-8-6-9-4-5-10(13(2)3)7-11(9)12-8/h4-7,12H,1-3H3. The van der Waals surface area contributed by atoms with Crippen molar-refractivity contribution in [2.45, 2.75) is 6.92 Å². The maximum Gasteiger partial charge on any atom is 0.0476 e. The summed E-state index contributed by atoms with van der Waals surface area (Å²) in [5, 5.41) is 1.28. The molecule has 1 aromatic carbocycles. The van der Waals surface area contributed by atoms with Crippen LogP contribution in [-0.2, 0) is 0 Å². The molecule has 2 aromatic rings. The summed E-state index contributed by atoms with van der Waals surface area (Å²) >= 11 is 0. The van der Waals surface area contributed by atoms with E-state index in [2.05, 4.69) is 55.2 Å². The highest BCUT2D eigenvalue weighted by Crippen LogP contribution is 2.20. The summed E-state index contributed by atoms with van der Waals surface area (Å²) in [6.45, 7) is 2.08. The van der Waals surface area contributed by atoms with E-state index in [-0.39, 0.29) is 0 Å². The van der Waals surface area contributed by atoms with Gasteiger partial charge >= 0.3 is 0 Å². The maximum atomic E-state index is 3.33. The fraction of sp³-hybridized carbons (Fsp3) is 0.273. The molecule has 0 saturated carbocycles. The number of fused-ring (bicyclic) bond motifs is 1. The topological polar surface area (TPSA) is 19.0 Å². The molecule has 0 aliphatic rings. The lowest BCUT2D eigenvalue weighted by Gasteiger charge is -2.11. The molecule has 68 valence electrons. The predicted molar refractivity (Wildman–Crippen MR) is 57.4 cm³/mol. The van der Waals surface area contributed by atoms with Crippen molar-refractivity contribution in [3.05, 3.63) is 30.0 Å². The zero-order chi connectivity index (χ0) is 9.42. The normalized spacial score (nSPS) is 10.7. The fourth-order valence-electron chi connectivity index (χ4n) is 1.54. The number of hydrogen-bond donors (Lipinski definition) is 1. The molecule has 1 heterocycles. The summed E-state index contributed by atoms with van der Waals surface area (Å²) in [4.78, 5) is 5.43. The maximum absolute atomic E-state index is 3.33. The average Bonchev–Trinajstić information content (AvgIpc) is 2.42. The minimum Gasteiger partial charge on any atom is -0.378 e. The molecule has 0 radical (unpaired) electrons. The first-order chi connectivity index (χ1) is 6.16. The molecule has 0 aliphatic carbocycles. The predicted octanol–water partition coefficient (Wildman–Crippen LogP) is 2.54. The number of benzene rings is 1. The Morgan fingerprint density at radius 3 is 2.62 bits per heavy atom. The lowest BCUT2D eigenvalue weighted by molar-refractivity contribution is 1.13. The molecule has 0 fully saturated rings. The summed E-state index contributed by atoms with van der Waals surface area (Å²) in [5.41, 5.74) is 3.66. The van der Waals surface area contributed by atoms with Crippen LogP contribution < -0.4 is 4.90 Å². The van der Waals surface area contributed by atoms with E-state index in [1.807, 2.05) is 0 Å². The van der Waals surface area contributed by atoms with Crippen LogP contribution in [0.15, 0.2) is 24.3 Å². The van der Waals surface area contributed by atoms with Crippen LogP contribution in [0.5, 0.6) is 0 Å². The Kier molecular flexibility index (Phi) is 1.76. The van der Waals surface area contributed by atoms with Crippen LogP contribution in [0.1, 0.15) is 5.69 Å². The van der Waals surface area contributed by atoms with Crippen LogP contribution in [0, 0.1) is 6.92 Å². The van der Waals surface area contributed by atoms with Crippen molar-refractivity contribution >= 4 is 16.6 Å². The molecular weight excluding hydrogens is 160 g/mol. The summed E-state index contributed by atoms with van der Waals surface area (Å²) in [5.74, 6) is 0. The van der Waals surface area contributed by atoms with Gasteiger partial charge < -0.3 is 9.88 Å². The van der Waals surface area contributed by atoms with Gasteiger partial charge in [-0.1, -0.05) is 6.07 Å². The monoisotopic (exact) mass is 174 g/mol. The lowest BCUT2D eigenvalue weighted by Crippen LogP contribution is -2.07. The van der Waals surface area contributed by atoms with Crippen molar-refractivity contribution in [1.82, 2.24) is 4.98 Å². The lowest BCUT2D eigenvalue weighted by atomic mass is 10.2. The summed E-state index contributed by atoms with van der Waals surface area (Å²) in [6.07, 6.45) is 0. The fourth-order valence-corrected chi connectivity index (χ4v) is 1.54. The highest BCUT2D eigenvalue weighted by atomic mass is 15.1. The van der Waals surface area contributed by atoms with Gasteiger partial charge in [0.2, 0.25) is 0 Å². The summed E-state index contributed by atoms with van der Waals surface area (Å²) < 4.78 is 0. The summed E-state index contributed by atoms with van der Waals surface area (Å²) in [6, 6.07) is 8.61. The zero-order valence-corrected chi connectivity index (χ0v) is 8.26. The number of H-pyrrole nitrogens is 1. The number of aromatic amines is 1. The van der Waals surface area contributed by atoms with Crippen molar-refractivity contribution < 1.29 is 0 Å². The Morgan fingerprint density at radius 1 is 1.15 bits per heavy atom. The molecule has 0 unspecified atom stereocenters. The van der Waals surface area contributed by atoms with Gasteiger partial charge in [0, 0.05) is 31.0 Å². The second-order valence-electron chi connectivity index (χ2n) is 3.62. The van der Waals surface area contributed by atoms with E-state index in [1.165, 1.54) is 22.3 Å². The number of aryl methyl sites for hydroxylation is 1. The Bertz CT molecular complexity index is 427. The van der Waals surface area contributed by atoms with Crippen molar-refractivity contribution in [2.75, 3.05) is 19.0 Å². The van der Waals surface area contributed by atoms with Crippen molar-refractivity contribution in [3.63, 3.8) is 0 Å². The Hall–Kier alpha value is -1.44. The molecule has 0 saturated heterocycles. The van der Waals surface area contributed by atoms with Crippen LogP contribution in [0.4, 0.5) is 5.69 Å². The third kappa shape index (κ3) is 1.39. The molecule has 0 bridgehead atoms. The van der Waals surface area contributed by atoms with Crippen LogP contribution in [0.25, 0.3) is 10.9 Å².